The van der Waals surface area contributed by atoms with Crippen LogP contribution in [-0.2, 0) is 0 Å². The number of aryl methyl sites for hydroxylation is 1. The highest BCUT2D eigenvalue weighted by Gasteiger charge is 2.19. The summed E-state index contributed by atoms with van der Waals surface area (Å²) in [5.41, 5.74) is 2.46. The van der Waals surface area contributed by atoms with Gasteiger partial charge in [-0.25, -0.2) is 14.8 Å². The molecule has 0 fully saturated rings. The van der Waals surface area contributed by atoms with Crippen molar-refractivity contribution in [3.05, 3.63) is 22.5 Å². The van der Waals surface area contributed by atoms with Crippen molar-refractivity contribution in [3.8, 4) is 11.5 Å². The molecule has 0 aromatic carbocycles. The Kier molecular flexibility index (Phi) is 2.05. The van der Waals surface area contributed by atoms with Crippen LogP contribution in [0.2, 0.25) is 0 Å². The van der Waals surface area contributed by atoms with Crippen LogP contribution in [0, 0.1) is 6.92 Å². The zero-order chi connectivity index (χ0) is 10.1. The van der Waals surface area contributed by atoms with Gasteiger partial charge in [0.05, 0.1) is 11.2 Å². The van der Waals surface area contributed by atoms with Gasteiger partial charge in [-0.2, -0.15) is 0 Å². The van der Waals surface area contributed by atoms with Gasteiger partial charge in [-0.1, -0.05) is 0 Å². The Bertz CT molecular complexity index is 474. The molecule has 5 nitrogen and oxygen atoms in total. The van der Waals surface area contributed by atoms with Gasteiger partial charge in [0, 0.05) is 0 Å². The van der Waals surface area contributed by atoms with Gasteiger partial charge < -0.3 is 9.52 Å². The summed E-state index contributed by atoms with van der Waals surface area (Å²) in [6, 6.07) is 0. The predicted molar refractivity (Wildman–Crippen MR) is 49.3 cm³/mol. The van der Waals surface area contributed by atoms with E-state index in [0.717, 1.165) is 11.3 Å². The molecule has 2 heterocycles. The monoisotopic (exact) mass is 210 g/mol. The highest BCUT2D eigenvalue weighted by molar-refractivity contribution is 7.12. The van der Waals surface area contributed by atoms with E-state index in [0.29, 0.717) is 17.1 Å². The number of rotatable bonds is 2. The molecule has 0 bridgehead atoms. The summed E-state index contributed by atoms with van der Waals surface area (Å²) in [4.78, 5) is 18.8. The largest absolute Gasteiger partial charge is 0.477 e. The van der Waals surface area contributed by atoms with Crippen LogP contribution in [0.4, 0.5) is 0 Å². The third-order valence-corrected chi connectivity index (χ3v) is 2.54. The van der Waals surface area contributed by atoms with Gasteiger partial charge in [-0.3, -0.25) is 0 Å². The number of thiazole rings is 1. The average Bonchev–Trinajstić information content (AvgIpc) is 2.70. The van der Waals surface area contributed by atoms with E-state index in [4.69, 9.17) is 9.52 Å². The number of hydrogen-bond acceptors (Lipinski definition) is 5. The molecule has 0 spiro atoms. The Morgan fingerprint density at radius 3 is 2.93 bits per heavy atom. The number of oxazole rings is 1. The number of nitrogens with zero attached hydrogens (tertiary/aromatic N) is 2. The number of hydrogen-bond donors (Lipinski definition) is 1. The van der Waals surface area contributed by atoms with Crippen LogP contribution < -0.4 is 0 Å². The predicted octanol–water partition coefficient (Wildman–Crippen LogP) is 1.80. The minimum atomic E-state index is -1.00. The smallest absolute Gasteiger partial charge is 0.348 e. The third-order valence-electron chi connectivity index (χ3n) is 1.72. The molecule has 2 aromatic rings. The lowest BCUT2D eigenvalue weighted by atomic mass is 10.2. The van der Waals surface area contributed by atoms with E-state index in [1.165, 1.54) is 11.9 Å². The van der Waals surface area contributed by atoms with Gasteiger partial charge >= 0.3 is 5.97 Å². The van der Waals surface area contributed by atoms with Crippen molar-refractivity contribution in [1.29, 1.82) is 0 Å². The van der Waals surface area contributed by atoms with E-state index >= 15 is 0 Å². The van der Waals surface area contributed by atoms with Crippen LogP contribution in [-0.4, -0.2) is 21.0 Å². The first-order valence-corrected chi connectivity index (χ1v) is 4.65. The molecule has 0 aliphatic carbocycles. The maximum Gasteiger partial charge on any atom is 0.348 e. The van der Waals surface area contributed by atoms with Crippen molar-refractivity contribution < 1.29 is 14.3 Å². The minimum Gasteiger partial charge on any atom is -0.477 e. The summed E-state index contributed by atoms with van der Waals surface area (Å²) in [7, 11) is 0. The van der Waals surface area contributed by atoms with Crippen LogP contribution in [0.5, 0.6) is 0 Å². The Morgan fingerprint density at radius 1 is 1.57 bits per heavy atom. The Labute approximate surface area is 83.0 Å². The second-order valence-electron chi connectivity index (χ2n) is 2.60. The molecule has 0 aliphatic heterocycles. The number of aromatic carboxylic acids is 1. The molecule has 0 saturated heterocycles. The van der Waals surface area contributed by atoms with E-state index < -0.39 is 5.97 Å². The second kappa shape index (κ2) is 3.22. The summed E-state index contributed by atoms with van der Waals surface area (Å²) < 4.78 is 5.07. The van der Waals surface area contributed by atoms with Crippen LogP contribution in [0.15, 0.2) is 16.3 Å². The Balaban J connectivity index is 2.57. The lowest BCUT2D eigenvalue weighted by Gasteiger charge is -1.93. The van der Waals surface area contributed by atoms with E-state index in [9.17, 15) is 4.79 Å². The highest BCUT2D eigenvalue weighted by atomic mass is 32.1. The van der Waals surface area contributed by atoms with Gasteiger partial charge in [0.15, 0.2) is 12.2 Å². The molecule has 0 radical (unpaired) electrons. The molecule has 0 atom stereocenters. The first-order chi connectivity index (χ1) is 6.70. The molecule has 0 unspecified atom stereocenters. The van der Waals surface area contributed by atoms with Crippen LogP contribution in [0.1, 0.15) is 15.4 Å². The van der Waals surface area contributed by atoms with Gasteiger partial charge in [0.25, 0.3) is 0 Å². The molecule has 0 amide bonds. The highest BCUT2D eigenvalue weighted by Crippen LogP contribution is 2.27. The third kappa shape index (κ3) is 1.29. The van der Waals surface area contributed by atoms with Crippen LogP contribution in [0.3, 0.4) is 0 Å². The van der Waals surface area contributed by atoms with Crippen molar-refractivity contribution in [3.63, 3.8) is 0 Å². The van der Waals surface area contributed by atoms with Crippen molar-refractivity contribution in [2.45, 2.75) is 6.92 Å². The molecule has 6 heteroatoms. The maximum atomic E-state index is 10.8. The molecule has 14 heavy (non-hydrogen) atoms. The summed E-state index contributed by atoms with van der Waals surface area (Å²) in [5.74, 6) is -0.582. The number of carbonyl (C=O) groups is 1. The van der Waals surface area contributed by atoms with Crippen molar-refractivity contribution in [2.75, 3.05) is 0 Å². The first kappa shape index (κ1) is 8.89. The normalized spacial score (nSPS) is 10.4. The van der Waals surface area contributed by atoms with Crippen molar-refractivity contribution >= 4 is 17.3 Å². The fourth-order valence-corrected chi connectivity index (χ4v) is 1.71. The van der Waals surface area contributed by atoms with E-state index in [2.05, 4.69) is 9.97 Å². The van der Waals surface area contributed by atoms with E-state index in [-0.39, 0.29) is 4.88 Å². The van der Waals surface area contributed by atoms with Crippen molar-refractivity contribution in [2.24, 2.45) is 0 Å². The van der Waals surface area contributed by atoms with Crippen LogP contribution in [0.25, 0.3) is 11.5 Å². The molecule has 2 aromatic heterocycles. The standard InChI is InChI=1S/C8H6N2O3S/c1-4-6(13-2-9-4)5-7(8(11)12)14-3-10-5/h2-3H,1H3,(H,11,12). The number of carboxylic acids is 1. The van der Waals surface area contributed by atoms with Gasteiger partial charge in [0.1, 0.15) is 10.6 Å². The number of carboxylic acid groups (broad SMARTS) is 1. The molecule has 0 aliphatic rings. The zero-order valence-electron chi connectivity index (χ0n) is 7.22. The molecular weight excluding hydrogens is 204 g/mol. The summed E-state index contributed by atoms with van der Waals surface area (Å²) in [6.45, 7) is 1.74. The summed E-state index contributed by atoms with van der Waals surface area (Å²) in [5, 5.41) is 8.85. The van der Waals surface area contributed by atoms with E-state index in [1.807, 2.05) is 0 Å². The molecule has 2 rings (SSSR count). The Hall–Kier alpha value is -1.69. The second-order valence-corrected chi connectivity index (χ2v) is 3.46. The number of aromatic nitrogens is 2. The fraction of sp³-hybridized carbons (Fsp3) is 0.125. The van der Waals surface area contributed by atoms with E-state index in [1.54, 1.807) is 6.92 Å². The molecule has 1 N–H and O–H groups in total. The Morgan fingerprint density at radius 2 is 2.36 bits per heavy atom. The zero-order valence-corrected chi connectivity index (χ0v) is 8.04. The average molecular weight is 210 g/mol. The van der Waals surface area contributed by atoms with Crippen LogP contribution >= 0.6 is 11.3 Å². The molecule has 0 saturated carbocycles. The SMILES string of the molecule is Cc1ncoc1-c1ncsc1C(=O)O. The van der Waals surface area contributed by atoms with Gasteiger partial charge in [-0.15, -0.1) is 11.3 Å². The van der Waals surface area contributed by atoms with Gasteiger partial charge in [0.2, 0.25) is 0 Å². The quantitative estimate of drug-likeness (QED) is 0.817. The maximum absolute atomic E-state index is 10.8. The van der Waals surface area contributed by atoms with Crippen molar-refractivity contribution in [1.82, 2.24) is 9.97 Å². The summed E-state index contributed by atoms with van der Waals surface area (Å²) in [6.07, 6.45) is 1.27. The minimum absolute atomic E-state index is 0.171. The van der Waals surface area contributed by atoms with Gasteiger partial charge in [-0.05, 0) is 6.92 Å². The summed E-state index contributed by atoms with van der Waals surface area (Å²) >= 11 is 1.07. The fourth-order valence-electron chi connectivity index (χ4n) is 1.09. The molecular formula is C8H6N2O3S. The molecule has 72 valence electrons. The lowest BCUT2D eigenvalue weighted by molar-refractivity contribution is 0.0702. The lowest BCUT2D eigenvalue weighted by Crippen LogP contribution is -1.95. The topological polar surface area (TPSA) is 76.2 Å². The first-order valence-electron chi connectivity index (χ1n) is 3.77.